The minimum atomic E-state index is 0.575. The van der Waals surface area contributed by atoms with Crippen molar-refractivity contribution in [3.8, 4) is 11.3 Å². The van der Waals surface area contributed by atoms with E-state index in [1.54, 1.807) is 0 Å². The molecule has 1 aromatic heterocycles. The molecule has 2 aromatic rings. The minimum absolute atomic E-state index is 0.575. The molecule has 21 heavy (non-hydrogen) atoms. The molecule has 0 bridgehead atoms. The van der Waals surface area contributed by atoms with Crippen molar-refractivity contribution in [3.05, 3.63) is 35.2 Å². The fraction of sp³-hybridized carbons (Fsp3) is 0.500. The molecule has 0 aliphatic heterocycles. The zero-order valence-corrected chi connectivity index (χ0v) is 13.3. The first-order valence-corrected chi connectivity index (χ1v) is 7.97. The second-order valence-corrected chi connectivity index (χ2v) is 6.42. The number of anilines is 1. The van der Waals surface area contributed by atoms with Crippen LogP contribution in [0.3, 0.4) is 0 Å². The van der Waals surface area contributed by atoms with E-state index in [2.05, 4.69) is 43.7 Å². The van der Waals surface area contributed by atoms with Gasteiger partial charge < -0.3 is 10.3 Å². The number of rotatable bonds is 2. The number of nitrogen functional groups attached to an aromatic ring is 1. The van der Waals surface area contributed by atoms with E-state index in [1.165, 1.54) is 49.1 Å². The molecule has 0 atom stereocenters. The summed E-state index contributed by atoms with van der Waals surface area (Å²) < 4.78 is 2.10. The van der Waals surface area contributed by atoms with Gasteiger partial charge in [0, 0.05) is 18.5 Å². The van der Waals surface area contributed by atoms with Crippen LogP contribution in [0.25, 0.3) is 11.3 Å². The molecule has 112 valence electrons. The van der Waals surface area contributed by atoms with Crippen molar-refractivity contribution in [1.82, 2.24) is 9.55 Å². The normalized spacial score (nSPS) is 16.3. The molecule has 3 nitrogen and oxygen atoms in total. The molecule has 1 heterocycles. The van der Waals surface area contributed by atoms with Gasteiger partial charge in [-0.15, -0.1) is 0 Å². The van der Waals surface area contributed by atoms with Crippen LogP contribution in [-0.2, 0) is 7.05 Å². The van der Waals surface area contributed by atoms with E-state index in [0.717, 1.165) is 17.1 Å². The standard InChI is InChI=1S/C18H25N3/c1-12-9-10-15(13(2)11-12)16-17(19)21(3)18(20-16)14-7-5-4-6-8-14/h9-11,14H,4-8,19H2,1-3H3. The van der Waals surface area contributed by atoms with Crippen LogP contribution < -0.4 is 5.73 Å². The number of nitrogens with zero attached hydrogens (tertiary/aromatic N) is 2. The summed E-state index contributed by atoms with van der Waals surface area (Å²) in [4.78, 5) is 4.93. The van der Waals surface area contributed by atoms with Gasteiger partial charge in [0.15, 0.2) is 0 Å². The second-order valence-electron chi connectivity index (χ2n) is 6.42. The Morgan fingerprint density at radius 1 is 1.14 bits per heavy atom. The van der Waals surface area contributed by atoms with Gasteiger partial charge in [0.1, 0.15) is 17.3 Å². The highest BCUT2D eigenvalue weighted by molar-refractivity contribution is 5.74. The summed E-state index contributed by atoms with van der Waals surface area (Å²) in [6.07, 6.45) is 6.49. The molecule has 0 unspecified atom stereocenters. The Morgan fingerprint density at radius 2 is 1.86 bits per heavy atom. The summed E-state index contributed by atoms with van der Waals surface area (Å²) in [6, 6.07) is 6.48. The van der Waals surface area contributed by atoms with Gasteiger partial charge in [0.2, 0.25) is 0 Å². The van der Waals surface area contributed by atoms with Crippen LogP contribution >= 0.6 is 0 Å². The highest BCUT2D eigenvalue weighted by Crippen LogP contribution is 2.36. The van der Waals surface area contributed by atoms with Gasteiger partial charge in [0.25, 0.3) is 0 Å². The van der Waals surface area contributed by atoms with Crippen molar-refractivity contribution in [2.24, 2.45) is 7.05 Å². The molecule has 0 amide bonds. The fourth-order valence-electron chi connectivity index (χ4n) is 3.53. The maximum atomic E-state index is 6.35. The van der Waals surface area contributed by atoms with Crippen molar-refractivity contribution in [3.63, 3.8) is 0 Å². The maximum absolute atomic E-state index is 6.35. The first-order valence-electron chi connectivity index (χ1n) is 7.97. The topological polar surface area (TPSA) is 43.8 Å². The largest absolute Gasteiger partial charge is 0.383 e. The van der Waals surface area contributed by atoms with E-state index in [4.69, 9.17) is 10.7 Å². The highest BCUT2D eigenvalue weighted by Gasteiger charge is 2.23. The molecule has 1 saturated carbocycles. The summed E-state index contributed by atoms with van der Waals surface area (Å²) >= 11 is 0. The third-order valence-electron chi connectivity index (χ3n) is 4.78. The predicted octanol–water partition coefficient (Wildman–Crippen LogP) is 4.33. The van der Waals surface area contributed by atoms with Crippen LogP contribution in [-0.4, -0.2) is 9.55 Å². The van der Waals surface area contributed by atoms with Gasteiger partial charge >= 0.3 is 0 Å². The van der Waals surface area contributed by atoms with Crippen molar-refractivity contribution in [1.29, 1.82) is 0 Å². The molecule has 0 spiro atoms. The van der Waals surface area contributed by atoms with Crippen LogP contribution in [0, 0.1) is 13.8 Å². The average molecular weight is 283 g/mol. The Balaban J connectivity index is 2.03. The number of nitrogens with two attached hydrogens (primary N) is 1. The van der Waals surface area contributed by atoms with Crippen LogP contribution in [0.4, 0.5) is 5.82 Å². The van der Waals surface area contributed by atoms with Crippen molar-refractivity contribution >= 4 is 5.82 Å². The third-order valence-corrected chi connectivity index (χ3v) is 4.78. The summed E-state index contributed by atoms with van der Waals surface area (Å²) in [5.41, 5.74) is 11.0. The quantitative estimate of drug-likeness (QED) is 0.891. The summed E-state index contributed by atoms with van der Waals surface area (Å²) in [5.74, 6) is 2.54. The fourth-order valence-corrected chi connectivity index (χ4v) is 3.53. The molecule has 2 N–H and O–H groups in total. The Bertz CT molecular complexity index is 649. The van der Waals surface area contributed by atoms with Gasteiger partial charge in [-0.2, -0.15) is 0 Å². The predicted molar refractivity (Wildman–Crippen MR) is 88.4 cm³/mol. The van der Waals surface area contributed by atoms with Crippen molar-refractivity contribution < 1.29 is 0 Å². The smallest absolute Gasteiger partial charge is 0.131 e. The lowest BCUT2D eigenvalue weighted by Gasteiger charge is -2.21. The first-order chi connectivity index (χ1) is 10.1. The molecule has 1 aliphatic carbocycles. The number of aromatic nitrogens is 2. The molecule has 0 saturated heterocycles. The number of aryl methyl sites for hydroxylation is 2. The number of hydrogen-bond acceptors (Lipinski definition) is 2. The van der Waals surface area contributed by atoms with Crippen molar-refractivity contribution in [2.45, 2.75) is 51.9 Å². The monoisotopic (exact) mass is 283 g/mol. The van der Waals surface area contributed by atoms with Gasteiger partial charge in [-0.1, -0.05) is 43.0 Å². The number of hydrogen-bond donors (Lipinski definition) is 1. The Kier molecular flexibility index (Phi) is 3.75. The van der Waals surface area contributed by atoms with E-state index in [-0.39, 0.29) is 0 Å². The van der Waals surface area contributed by atoms with E-state index in [0.29, 0.717) is 5.92 Å². The van der Waals surface area contributed by atoms with E-state index < -0.39 is 0 Å². The van der Waals surface area contributed by atoms with E-state index >= 15 is 0 Å². The molecule has 1 aromatic carbocycles. The molecule has 1 aliphatic rings. The number of imidazole rings is 1. The molecular weight excluding hydrogens is 258 g/mol. The van der Waals surface area contributed by atoms with Crippen molar-refractivity contribution in [2.75, 3.05) is 5.73 Å². The summed E-state index contributed by atoms with van der Waals surface area (Å²) in [7, 11) is 2.05. The maximum Gasteiger partial charge on any atom is 0.131 e. The van der Waals surface area contributed by atoms with Gasteiger partial charge in [-0.25, -0.2) is 4.98 Å². The lowest BCUT2D eigenvalue weighted by molar-refractivity contribution is 0.422. The molecule has 3 rings (SSSR count). The Hall–Kier alpha value is -1.77. The first kappa shape index (κ1) is 14.2. The highest BCUT2D eigenvalue weighted by atomic mass is 15.1. The lowest BCUT2D eigenvalue weighted by Crippen LogP contribution is -2.11. The molecule has 0 radical (unpaired) electrons. The summed E-state index contributed by atoms with van der Waals surface area (Å²) in [5, 5.41) is 0. The molecule has 1 fully saturated rings. The third kappa shape index (κ3) is 2.57. The zero-order chi connectivity index (χ0) is 15.0. The second kappa shape index (κ2) is 5.55. The average Bonchev–Trinajstić information content (AvgIpc) is 2.77. The Morgan fingerprint density at radius 3 is 2.52 bits per heavy atom. The zero-order valence-electron chi connectivity index (χ0n) is 13.3. The van der Waals surface area contributed by atoms with E-state index in [9.17, 15) is 0 Å². The lowest BCUT2D eigenvalue weighted by atomic mass is 9.89. The van der Waals surface area contributed by atoms with Crippen LogP contribution in [0.5, 0.6) is 0 Å². The number of benzene rings is 1. The van der Waals surface area contributed by atoms with Gasteiger partial charge in [0.05, 0.1) is 0 Å². The summed E-state index contributed by atoms with van der Waals surface area (Å²) in [6.45, 7) is 4.25. The van der Waals surface area contributed by atoms with Gasteiger partial charge in [-0.3, -0.25) is 0 Å². The van der Waals surface area contributed by atoms with E-state index in [1.807, 2.05) is 0 Å². The molecule has 3 heteroatoms. The minimum Gasteiger partial charge on any atom is -0.383 e. The van der Waals surface area contributed by atoms with Crippen LogP contribution in [0.15, 0.2) is 18.2 Å². The van der Waals surface area contributed by atoms with Crippen LogP contribution in [0.2, 0.25) is 0 Å². The van der Waals surface area contributed by atoms with Crippen LogP contribution in [0.1, 0.15) is 55.0 Å². The van der Waals surface area contributed by atoms with Gasteiger partial charge in [-0.05, 0) is 32.3 Å². The molecular formula is C18H25N3. The SMILES string of the molecule is Cc1ccc(-c2nc(C3CCCCC3)n(C)c2N)c(C)c1. The Labute approximate surface area is 127 Å².